The fourth-order valence-corrected chi connectivity index (χ4v) is 3.97. The van der Waals surface area contributed by atoms with Gasteiger partial charge in [-0.05, 0) is 42.5 Å². The Morgan fingerprint density at radius 2 is 1.93 bits per heavy atom. The van der Waals surface area contributed by atoms with Crippen molar-refractivity contribution >= 4 is 40.2 Å². The molecular formula is C22H19ClN2O2S. The molecule has 0 amide bonds. The first-order valence-corrected chi connectivity index (χ1v) is 10.0. The summed E-state index contributed by atoms with van der Waals surface area (Å²) in [5.41, 5.74) is 2.18. The number of rotatable bonds is 4. The number of nitrogens with zero attached hydrogens (tertiary/aromatic N) is 2. The van der Waals surface area contributed by atoms with Gasteiger partial charge in [-0.2, -0.15) is 0 Å². The molecule has 0 spiro atoms. The van der Waals surface area contributed by atoms with Crippen LogP contribution in [0, 0.1) is 0 Å². The number of fused-ring (bicyclic) bond motifs is 1. The molecule has 4 aromatic rings. The van der Waals surface area contributed by atoms with Crippen LogP contribution in [0.4, 0.5) is 0 Å². The highest BCUT2D eigenvalue weighted by molar-refractivity contribution is 7.99. The van der Waals surface area contributed by atoms with Crippen LogP contribution in [0.5, 0.6) is 0 Å². The minimum Gasteiger partial charge on any atom is -0.478 e. The molecule has 2 aromatic heterocycles. The van der Waals surface area contributed by atoms with Crippen molar-refractivity contribution in [1.29, 1.82) is 0 Å². The quantitative estimate of drug-likeness (QED) is 0.414. The van der Waals surface area contributed by atoms with Crippen LogP contribution >= 0.6 is 23.4 Å². The summed E-state index contributed by atoms with van der Waals surface area (Å²) in [6.07, 6.45) is 5.55. The van der Waals surface area contributed by atoms with Crippen LogP contribution in [0.3, 0.4) is 0 Å². The SMILES string of the molecule is CC.O=C(O)c1cccc(Sc2cn(-c3cccnc3)c3cc(Cl)ccc23)c1. The standard InChI is InChI=1S/C20H13ClN2O2S.C2H6/c21-14-6-7-17-18(10-14)23(15-4-2-8-22-11-15)12-19(17)26-16-5-1-3-13(9-16)20(24)25;1-2/h1-12H,(H,24,25);1-2H3. The Balaban J connectivity index is 0.00000109. The zero-order chi connectivity index (χ0) is 20.1. The lowest BCUT2D eigenvalue weighted by Gasteiger charge is -2.04. The van der Waals surface area contributed by atoms with E-state index in [1.54, 1.807) is 30.6 Å². The second-order valence-electron chi connectivity index (χ2n) is 5.67. The van der Waals surface area contributed by atoms with Crippen molar-refractivity contribution in [2.45, 2.75) is 23.6 Å². The molecule has 0 atom stereocenters. The number of carboxylic acids is 1. The third kappa shape index (κ3) is 4.21. The van der Waals surface area contributed by atoms with Crippen LogP contribution in [0.15, 0.2) is 83.0 Å². The van der Waals surface area contributed by atoms with Gasteiger partial charge < -0.3 is 9.67 Å². The van der Waals surface area contributed by atoms with Crippen molar-refractivity contribution < 1.29 is 9.90 Å². The van der Waals surface area contributed by atoms with Gasteiger partial charge >= 0.3 is 5.97 Å². The highest BCUT2D eigenvalue weighted by Gasteiger charge is 2.13. The average Bonchev–Trinajstić information content (AvgIpc) is 3.07. The second kappa shape index (κ2) is 8.95. The molecule has 142 valence electrons. The van der Waals surface area contributed by atoms with Gasteiger partial charge in [0.05, 0.1) is 23.0 Å². The molecule has 2 aromatic carbocycles. The van der Waals surface area contributed by atoms with Crippen LogP contribution < -0.4 is 0 Å². The van der Waals surface area contributed by atoms with Gasteiger partial charge in [-0.15, -0.1) is 0 Å². The second-order valence-corrected chi connectivity index (χ2v) is 7.22. The fourth-order valence-electron chi connectivity index (χ4n) is 2.78. The first-order chi connectivity index (χ1) is 13.6. The van der Waals surface area contributed by atoms with Crippen molar-refractivity contribution in [3.8, 4) is 5.69 Å². The van der Waals surface area contributed by atoms with E-state index in [1.807, 2.05) is 61.0 Å². The molecule has 4 rings (SSSR count). The Morgan fingerprint density at radius 3 is 2.64 bits per heavy atom. The maximum absolute atomic E-state index is 11.2. The largest absolute Gasteiger partial charge is 0.478 e. The van der Waals surface area contributed by atoms with Crippen LogP contribution in [0.2, 0.25) is 5.02 Å². The molecule has 0 saturated heterocycles. The van der Waals surface area contributed by atoms with E-state index in [-0.39, 0.29) is 5.56 Å². The first kappa shape index (κ1) is 20.0. The van der Waals surface area contributed by atoms with Crippen LogP contribution in [0.25, 0.3) is 16.6 Å². The molecule has 0 saturated carbocycles. The Labute approximate surface area is 172 Å². The van der Waals surface area contributed by atoms with E-state index in [9.17, 15) is 9.90 Å². The fraction of sp³-hybridized carbons (Fsp3) is 0.0909. The van der Waals surface area contributed by atoms with E-state index in [2.05, 4.69) is 4.98 Å². The van der Waals surface area contributed by atoms with Gasteiger partial charge in [-0.1, -0.05) is 49.3 Å². The summed E-state index contributed by atoms with van der Waals surface area (Å²) >= 11 is 7.72. The monoisotopic (exact) mass is 410 g/mol. The summed E-state index contributed by atoms with van der Waals surface area (Å²) in [5.74, 6) is -0.933. The molecule has 1 N–H and O–H groups in total. The van der Waals surface area contributed by atoms with Gasteiger partial charge in [0.25, 0.3) is 0 Å². The normalized spacial score (nSPS) is 10.4. The lowest BCUT2D eigenvalue weighted by atomic mass is 10.2. The number of carbonyl (C=O) groups is 1. The van der Waals surface area contributed by atoms with Crippen LogP contribution in [-0.2, 0) is 0 Å². The molecule has 4 nitrogen and oxygen atoms in total. The summed E-state index contributed by atoms with van der Waals surface area (Å²) in [4.78, 5) is 17.3. The number of pyridine rings is 1. The van der Waals surface area contributed by atoms with E-state index in [0.717, 1.165) is 26.4 Å². The molecule has 0 bridgehead atoms. The minimum atomic E-state index is -0.933. The number of hydrogen-bond donors (Lipinski definition) is 1. The number of halogens is 1. The third-order valence-electron chi connectivity index (χ3n) is 3.96. The summed E-state index contributed by atoms with van der Waals surface area (Å²) in [6, 6.07) is 16.5. The van der Waals surface area contributed by atoms with Crippen molar-refractivity contribution in [2.24, 2.45) is 0 Å². The van der Waals surface area contributed by atoms with Crippen molar-refractivity contribution in [1.82, 2.24) is 9.55 Å². The van der Waals surface area contributed by atoms with E-state index in [0.29, 0.717) is 5.02 Å². The lowest BCUT2D eigenvalue weighted by Crippen LogP contribution is -1.95. The lowest BCUT2D eigenvalue weighted by molar-refractivity contribution is 0.0696. The number of aromatic nitrogens is 2. The van der Waals surface area contributed by atoms with Gasteiger partial charge in [0, 0.05) is 32.6 Å². The van der Waals surface area contributed by atoms with E-state index in [4.69, 9.17) is 11.6 Å². The Bertz CT molecular complexity index is 1110. The summed E-state index contributed by atoms with van der Waals surface area (Å²) in [7, 11) is 0. The molecule has 6 heteroatoms. The van der Waals surface area contributed by atoms with Gasteiger partial charge in [0.2, 0.25) is 0 Å². The molecule has 2 heterocycles. The number of carboxylic acid groups (broad SMARTS) is 1. The van der Waals surface area contributed by atoms with Gasteiger partial charge in [-0.3, -0.25) is 4.98 Å². The highest BCUT2D eigenvalue weighted by Crippen LogP contribution is 2.37. The maximum Gasteiger partial charge on any atom is 0.335 e. The number of benzene rings is 2. The summed E-state index contributed by atoms with van der Waals surface area (Å²) < 4.78 is 2.04. The predicted octanol–water partition coefficient (Wildman–Crippen LogP) is 6.55. The van der Waals surface area contributed by atoms with E-state index in [1.165, 1.54) is 11.8 Å². The summed E-state index contributed by atoms with van der Waals surface area (Å²) in [6.45, 7) is 4.00. The Kier molecular flexibility index (Phi) is 6.39. The van der Waals surface area contributed by atoms with Crippen LogP contribution in [0.1, 0.15) is 24.2 Å². The smallest absolute Gasteiger partial charge is 0.335 e. The molecule has 0 aliphatic rings. The Hall–Kier alpha value is -2.76. The topological polar surface area (TPSA) is 55.1 Å². The molecule has 0 aliphatic heterocycles. The zero-order valence-corrected chi connectivity index (χ0v) is 17.0. The highest BCUT2D eigenvalue weighted by atomic mass is 35.5. The van der Waals surface area contributed by atoms with Crippen LogP contribution in [-0.4, -0.2) is 20.6 Å². The zero-order valence-electron chi connectivity index (χ0n) is 15.5. The van der Waals surface area contributed by atoms with E-state index >= 15 is 0 Å². The molecule has 0 unspecified atom stereocenters. The molecule has 0 radical (unpaired) electrons. The third-order valence-corrected chi connectivity index (χ3v) is 5.23. The van der Waals surface area contributed by atoms with Crippen molar-refractivity contribution in [3.05, 3.63) is 83.8 Å². The predicted molar refractivity (Wildman–Crippen MR) is 115 cm³/mol. The van der Waals surface area contributed by atoms with Gasteiger partial charge in [0.15, 0.2) is 0 Å². The average molecular weight is 411 g/mol. The maximum atomic E-state index is 11.2. The minimum absolute atomic E-state index is 0.272. The van der Waals surface area contributed by atoms with Crippen molar-refractivity contribution in [3.63, 3.8) is 0 Å². The molecule has 0 aliphatic carbocycles. The molecule has 28 heavy (non-hydrogen) atoms. The Morgan fingerprint density at radius 1 is 1.11 bits per heavy atom. The summed E-state index contributed by atoms with van der Waals surface area (Å²) in [5, 5.41) is 10.9. The van der Waals surface area contributed by atoms with Crippen molar-refractivity contribution in [2.75, 3.05) is 0 Å². The van der Waals surface area contributed by atoms with Gasteiger partial charge in [-0.25, -0.2) is 4.79 Å². The van der Waals surface area contributed by atoms with Gasteiger partial charge in [0.1, 0.15) is 0 Å². The van der Waals surface area contributed by atoms with E-state index < -0.39 is 5.97 Å². The molecule has 0 fully saturated rings. The number of aromatic carboxylic acids is 1. The first-order valence-electron chi connectivity index (χ1n) is 8.84. The number of hydrogen-bond acceptors (Lipinski definition) is 3. The molecular weight excluding hydrogens is 392 g/mol.